The maximum atomic E-state index is 5.82. The maximum Gasteiger partial charge on any atom is 0.106 e. The first kappa shape index (κ1) is 15.0. The van der Waals surface area contributed by atoms with E-state index in [-0.39, 0.29) is 0 Å². The number of hydrogen-bond acceptors (Lipinski definition) is 2. The smallest absolute Gasteiger partial charge is 0.106 e. The number of benzene rings is 2. The van der Waals surface area contributed by atoms with Crippen molar-refractivity contribution in [1.29, 1.82) is 0 Å². The molecule has 0 aromatic heterocycles. The minimum atomic E-state index is 0.420. The van der Waals surface area contributed by atoms with Crippen molar-refractivity contribution in [3.63, 3.8) is 0 Å². The van der Waals surface area contributed by atoms with Crippen LogP contribution in [0.2, 0.25) is 0 Å². The minimum Gasteiger partial charge on any atom is -0.389 e. The summed E-state index contributed by atoms with van der Waals surface area (Å²) in [5.41, 5.74) is 10.3. The van der Waals surface area contributed by atoms with E-state index in [1.165, 1.54) is 11.1 Å². The molecule has 0 saturated carbocycles. The fourth-order valence-electron chi connectivity index (χ4n) is 2.16. The Bertz CT molecular complexity index is 640. The molecular formula is C16H17BrN2S. The Balaban J connectivity index is 2.34. The highest BCUT2D eigenvalue weighted by molar-refractivity contribution is 9.10. The molecule has 2 nitrogen and oxygen atoms in total. The van der Waals surface area contributed by atoms with Crippen molar-refractivity contribution in [3.8, 4) is 0 Å². The maximum absolute atomic E-state index is 5.82. The van der Waals surface area contributed by atoms with Crippen LogP contribution in [0.1, 0.15) is 16.7 Å². The number of aryl methyl sites for hydroxylation is 1. The molecule has 0 heterocycles. The van der Waals surface area contributed by atoms with Gasteiger partial charge in [0.2, 0.25) is 0 Å². The van der Waals surface area contributed by atoms with Gasteiger partial charge < -0.3 is 10.6 Å². The van der Waals surface area contributed by atoms with Gasteiger partial charge >= 0.3 is 0 Å². The molecule has 0 spiro atoms. The summed E-state index contributed by atoms with van der Waals surface area (Å²) < 4.78 is 1.02. The monoisotopic (exact) mass is 348 g/mol. The molecule has 0 radical (unpaired) electrons. The molecule has 0 unspecified atom stereocenters. The summed E-state index contributed by atoms with van der Waals surface area (Å²) in [5.74, 6) is 0. The van der Waals surface area contributed by atoms with Crippen LogP contribution in [0.25, 0.3) is 0 Å². The lowest BCUT2D eigenvalue weighted by atomic mass is 10.1. The quantitative estimate of drug-likeness (QED) is 0.845. The fourth-order valence-corrected chi connectivity index (χ4v) is 2.68. The van der Waals surface area contributed by atoms with Crippen LogP contribution >= 0.6 is 28.1 Å². The Kier molecular flexibility index (Phi) is 4.78. The van der Waals surface area contributed by atoms with Gasteiger partial charge in [0.25, 0.3) is 0 Å². The highest BCUT2D eigenvalue weighted by Gasteiger charge is 2.11. The van der Waals surface area contributed by atoms with Crippen molar-refractivity contribution in [2.45, 2.75) is 13.5 Å². The molecule has 2 rings (SSSR count). The van der Waals surface area contributed by atoms with Crippen molar-refractivity contribution in [2.24, 2.45) is 5.73 Å². The summed E-state index contributed by atoms with van der Waals surface area (Å²) in [6.07, 6.45) is 0. The number of rotatable bonds is 4. The van der Waals surface area contributed by atoms with E-state index in [4.69, 9.17) is 18.0 Å². The van der Waals surface area contributed by atoms with Crippen LogP contribution in [0.4, 0.5) is 5.69 Å². The lowest BCUT2D eigenvalue weighted by Crippen LogP contribution is -2.22. The van der Waals surface area contributed by atoms with Gasteiger partial charge in [-0.1, -0.05) is 52.4 Å². The number of nitrogens with two attached hydrogens (primary N) is 1. The van der Waals surface area contributed by atoms with E-state index in [1.807, 2.05) is 18.2 Å². The van der Waals surface area contributed by atoms with Crippen LogP contribution in [0.5, 0.6) is 0 Å². The number of nitrogens with zero attached hydrogens (tertiary/aromatic N) is 1. The summed E-state index contributed by atoms with van der Waals surface area (Å²) in [5, 5.41) is 0. The van der Waals surface area contributed by atoms with Crippen LogP contribution < -0.4 is 10.6 Å². The van der Waals surface area contributed by atoms with Crippen LogP contribution in [0, 0.1) is 6.92 Å². The first-order valence-electron chi connectivity index (χ1n) is 6.34. The standard InChI is InChI=1S/C16H17BrN2S/c1-11-5-3-4-6-12(11)10-19(2)15-9-13(17)7-8-14(15)16(18)20/h3-9H,10H2,1-2H3,(H2,18,20). The predicted molar refractivity (Wildman–Crippen MR) is 93.3 cm³/mol. The summed E-state index contributed by atoms with van der Waals surface area (Å²) in [6.45, 7) is 2.94. The van der Waals surface area contributed by atoms with E-state index in [0.29, 0.717) is 4.99 Å². The molecule has 0 fully saturated rings. The van der Waals surface area contributed by atoms with Gasteiger partial charge in [-0.3, -0.25) is 0 Å². The van der Waals surface area contributed by atoms with Crippen molar-refractivity contribution in [3.05, 3.63) is 63.6 Å². The predicted octanol–water partition coefficient (Wildman–Crippen LogP) is 4.03. The molecule has 0 atom stereocenters. The van der Waals surface area contributed by atoms with E-state index in [2.05, 4.69) is 59.1 Å². The van der Waals surface area contributed by atoms with E-state index < -0.39 is 0 Å². The molecule has 0 saturated heterocycles. The fraction of sp³-hybridized carbons (Fsp3) is 0.188. The zero-order chi connectivity index (χ0) is 14.7. The second-order valence-electron chi connectivity index (χ2n) is 4.81. The first-order valence-corrected chi connectivity index (χ1v) is 7.54. The zero-order valence-electron chi connectivity index (χ0n) is 11.6. The number of thiocarbonyl (C=S) groups is 1. The van der Waals surface area contributed by atoms with Crippen LogP contribution in [0.15, 0.2) is 46.9 Å². The zero-order valence-corrected chi connectivity index (χ0v) is 14.0. The second-order valence-corrected chi connectivity index (χ2v) is 6.16. The summed E-state index contributed by atoms with van der Waals surface area (Å²) in [6, 6.07) is 14.3. The lowest BCUT2D eigenvalue weighted by Gasteiger charge is -2.23. The van der Waals surface area contributed by atoms with Gasteiger partial charge in [0.05, 0.1) is 0 Å². The highest BCUT2D eigenvalue weighted by atomic mass is 79.9. The molecule has 0 bridgehead atoms. The number of anilines is 1. The second kappa shape index (κ2) is 6.37. The van der Waals surface area contributed by atoms with Crippen molar-refractivity contribution >= 4 is 38.8 Å². The van der Waals surface area contributed by atoms with Gasteiger partial charge in [-0.15, -0.1) is 0 Å². The molecule has 2 aromatic carbocycles. The van der Waals surface area contributed by atoms with E-state index >= 15 is 0 Å². The highest BCUT2D eigenvalue weighted by Crippen LogP contribution is 2.26. The Morgan fingerprint density at radius 1 is 1.25 bits per heavy atom. The summed E-state index contributed by atoms with van der Waals surface area (Å²) >= 11 is 8.64. The van der Waals surface area contributed by atoms with E-state index in [1.54, 1.807) is 0 Å². The van der Waals surface area contributed by atoms with Crippen LogP contribution in [-0.2, 0) is 6.54 Å². The average Bonchev–Trinajstić information content (AvgIpc) is 2.40. The van der Waals surface area contributed by atoms with Gasteiger partial charge in [-0.25, -0.2) is 0 Å². The van der Waals surface area contributed by atoms with Crippen molar-refractivity contribution < 1.29 is 0 Å². The van der Waals surface area contributed by atoms with Crippen molar-refractivity contribution in [1.82, 2.24) is 0 Å². The van der Waals surface area contributed by atoms with Crippen LogP contribution in [0.3, 0.4) is 0 Å². The normalized spacial score (nSPS) is 10.3. The molecule has 4 heteroatoms. The number of hydrogen-bond donors (Lipinski definition) is 1. The third kappa shape index (κ3) is 3.38. The average molecular weight is 349 g/mol. The lowest BCUT2D eigenvalue weighted by molar-refractivity contribution is 0.912. The third-order valence-corrected chi connectivity index (χ3v) is 4.02. The molecule has 104 valence electrons. The van der Waals surface area contributed by atoms with Gasteiger partial charge in [0, 0.05) is 29.3 Å². The molecule has 0 aliphatic rings. The summed E-state index contributed by atoms with van der Waals surface area (Å²) in [4.78, 5) is 2.59. The Morgan fingerprint density at radius 2 is 1.95 bits per heavy atom. The van der Waals surface area contributed by atoms with Crippen LogP contribution in [-0.4, -0.2) is 12.0 Å². The molecule has 0 amide bonds. The summed E-state index contributed by atoms with van der Waals surface area (Å²) in [7, 11) is 2.05. The Hall–Kier alpha value is -1.39. The van der Waals surface area contributed by atoms with Gasteiger partial charge in [-0.2, -0.15) is 0 Å². The Morgan fingerprint density at radius 3 is 2.60 bits per heavy atom. The SMILES string of the molecule is Cc1ccccc1CN(C)c1cc(Br)ccc1C(N)=S. The third-order valence-electron chi connectivity index (χ3n) is 3.31. The van der Waals surface area contributed by atoms with Gasteiger partial charge in [0.15, 0.2) is 0 Å². The minimum absolute atomic E-state index is 0.420. The molecule has 2 aromatic rings. The molecular weight excluding hydrogens is 332 g/mol. The van der Waals surface area contributed by atoms with Gasteiger partial charge in [0.1, 0.15) is 4.99 Å². The Labute approximate surface area is 133 Å². The first-order chi connectivity index (χ1) is 9.49. The largest absolute Gasteiger partial charge is 0.389 e. The van der Waals surface area contributed by atoms with Crippen molar-refractivity contribution in [2.75, 3.05) is 11.9 Å². The topological polar surface area (TPSA) is 29.3 Å². The number of halogens is 1. The van der Waals surface area contributed by atoms with Gasteiger partial charge in [-0.05, 0) is 36.2 Å². The molecule has 0 aliphatic heterocycles. The van der Waals surface area contributed by atoms with E-state index in [0.717, 1.165) is 22.3 Å². The molecule has 0 aliphatic carbocycles. The van der Waals surface area contributed by atoms with E-state index in [9.17, 15) is 0 Å². The molecule has 2 N–H and O–H groups in total. The molecule has 20 heavy (non-hydrogen) atoms.